The van der Waals surface area contributed by atoms with Crippen LogP contribution in [0.3, 0.4) is 0 Å². The van der Waals surface area contributed by atoms with Crippen molar-refractivity contribution in [3.05, 3.63) is 59.2 Å². The van der Waals surface area contributed by atoms with E-state index in [-0.39, 0.29) is 35.9 Å². The quantitative estimate of drug-likeness (QED) is 0.390. The predicted octanol–water partition coefficient (Wildman–Crippen LogP) is 4.10. The molecule has 2 aromatic rings. The van der Waals surface area contributed by atoms with Crippen LogP contribution in [0.1, 0.15) is 70.2 Å². The van der Waals surface area contributed by atoms with Gasteiger partial charge in [0.25, 0.3) is 0 Å². The van der Waals surface area contributed by atoms with E-state index in [9.17, 15) is 24.6 Å². The third-order valence-electron chi connectivity index (χ3n) is 6.05. The van der Waals surface area contributed by atoms with Gasteiger partial charge in [-0.15, -0.1) is 0 Å². The van der Waals surface area contributed by atoms with Crippen LogP contribution in [-0.4, -0.2) is 56.7 Å². The first kappa shape index (κ1) is 28.8. The first-order valence-corrected chi connectivity index (χ1v) is 12.9. The Balaban J connectivity index is 2.02. The summed E-state index contributed by atoms with van der Waals surface area (Å²) in [5.74, 6) is -0.575. The molecule has 38 heavy (non-hydrogen) atoms. The minimum Gasteiger partial charge on any atom is -0.508 e. The number of amides is 3. The molecular weight excluding hydrogens is 486 g/mol. The van der Waals surface area contributed by atoms with Gasteiger partial charge in [0, 0.05) is 18.5 Å². The summed E-state index contributed by atoms with van der Waals surface area (Å²) in [5, 5.41) is 25.4. The molecule has 0 aliphatic heterocycles. The van der Waals surface area contributed by atoms with Crippen molar-refractivity contribution in [3.8, 4) is 11.5 Å². The van der Waals surface area contributed by atoms with E-state index in [2.05, 4.69) is 10.6 Å². The standard InChI is InChI=1S/C29H39N3O6/c1-17(2)30-26(35)25(20-9-14-24(34)18(3)15-20)32(21-10-11-21)27(36)23(31-28(37)38-29(4,5)6)16-19-7-12-22(33)13-8-19/h7-9,12-15,17,21,23,25,33-34H,10-11,16H2,1-6H3,(H,30,35)(H,31,37). The molecule has 1 aliphatic rings. The normalized spacial score (nSPS) is 14.9. The van der Waals surface area contributed by atoms with E-state index >= 15 is 0 Å². The predicted molar refractivity (Wildman–Crippen MR) is 144 cm³/mol. The number of hydrogen-bond acceptors (Lipinski definition) is 6. The number of alkyl carbamates (subject to hydrolysis) is 1. The fraction of sp³-hybridized carbons (Fsp3) is 0.483. The molecule has 0 aromatic heterocycles. The number of aromatic hydroxyl groups is 2. The molecule has 2 aromatic carbocycles. The van der Waals surface area contributed by atoms with Crippen LogP contribution < -0.4 is 10.6 Å². The highest BCUT2D eigenvalue weighted by molar-refractivity contribution is 5.93. The maximum atomic E-state index is 14.2. The zero-order chi connectivity index (χ0) is 28.2. The van der Waals surface area contributed by atoms with Crippen LogP contribution in [0, 0.1) is 6.92 Å². The molecule has 206 valence electrons. The molecule has 1 aliphatic carbocycles. The maximum Gasteiger partial charge on any atom is 0.408 e. The molecule has 0 saturated heterocycles. The number of phenols is 2. The van der Waals surface area contributed by atoms with Crippen molar-refractivity contribution in [1.82, 2.24) is 15.5 Å². The Morgan fingerprint density at radius 1 is 1.03 bits per heavy atom. The molecule has 0 spiro atoms. The van der Waals surface area contributed by atoms with Crippen molar-refractivity contribution in [1.29, 1.82) is 0 Å². The average Bonchev–Trinajstić information content (AvgIpc) is 3.63. The van der Waals surface area contributed by atoms with Crippen LogP contribution in [0.2, 0.25) is 0 Å². The number of benzene rings is 2. The highest BCUT2D eigenvalue weighted by atomic mass is 16.6. The summed E-state index contributed by atoms with van der Waals surface area (Å²) in [4.78, 5) is 42.1. The largest absolute Gasteiger partial charge is 0.508 e. The van der Waals surface area contributed by atoms with Crippen molar-refractivity contribution < 1.29 is 29.3 Å². The second-order valence-corrected chi connectivity index (χ2v) is 11.2. The molecule has 1 saturated carbocycles. The zero-order valence-corrected chi connectivity index (χ0v) is 22.9. The van der Waals surface area contributed by atoms with Gasteiger partial charge in [0.1, 0.15) is 29.2 Å². The molecular formula is C29H39N3O6. The van der Waals surface area contributed by atoms with Crippen molar-refractivity contribution in [2.24, 2.45) is 0 Å². The van der Waals surface area contributed by atoms with E-state index in [1.165, 1.54) is 18.2 Å². The molecule has 4 N–H and O–H groups in total. The minimum absolute atomic E-state index is 0.0875. The topological polar surface area (TPSA) is 128 Å². The molecule has 9 nitrogen and oxygen atoms in total. The van der Waals surface area contributed by atoms with Crippen LogP contribution in [0.15, 0.2) is 42.5 Å². The van der Waals surface area contributed by atoms with Gasteiger partial charge >= 0.3 is 6.09 Å². The van der Waals surface area contributed by atoms with Crippen LogP contribution in [0.25, 0.3) is 0 Å². The Morgan fingerprint density at radius 2 is 1.66 bits per heavy atom. The minimum atomic E-state index is -1.03. The molecule has 0 radical (unpaired) electrons. The van der Waals surface area contributed by atoms with Crippen molar-refractivity contribution in [3.63, 3.8) is 0 Å². The van der Waals surface area contributed by atoms with Crippen molar-refractivity contribution >= 4 is 17.9 Å². The number of nitrogens with one attached hydrogen (secondary N) is 2. The van der Waals surface area contributed by atoms with Gasteiger partial charge in [-0.1, -0.05) is 18.2 Å². The molecule has 9 heteroatoms. The zero-order valence-electron chi connectivity index (χ0n) is 22.9. The van der Waals surface area contributed by atoms with E-state index in [4.69, 9.17) is 4.74 Å². The van der Waals surface area contributed by atoms with Crippen molar-refractivity contribution in [2.75, 3.05) is 0 Å². The Kier molecular flexibility index (Phi) is 8.91. The van der Waals surface area contributed by atoms with Gasteiger partial charge in [0.15, 0.2) is 0 Å². The van der Waals surface area contributed by atoms with Gasteiger partial charge < -0.3 is 30.5 Å². The van der Waals surface area contributed by atoms with Gasteiger partial charge in [-0.2, -0.15) is 0 Å². The summed E-state index contributed by atoms with van der Waals surface area (Å²) in [6, 6.07) is 8.94. The molecule has 0 bridgehead atoms. The van der Waals surface area contributed by atoms with Gasteiger partial charge in [0.05, 0.1) is 0 Å². The summed E-state index contributed by atoms with van der Waals surface area (Å²) in [5.41, 5.74) is 1.10. The molecule has 0 heterocycles. The maximum absolute atomic E-state index is 14.2. The summed E-state index contributed by atoms with van der Waals surface area (Å²) >= 11 is 0. The van der Waals surface area contributed by atoms with Gasteiger partial charge in [-0.05, 0) is 95.3 Å². The lowest BCUT2D eigenvalue weighted by Crippen LogP contribution is -2.55. The second kappa shape index (κ2) is 11.8. The van der Waals surface area contributed by atoms with E-state index < -0.39 is 29.7 Å². The first-order valence-electron chi connectivity index (χ1n) is 12.9. The van der Waals surface area contributed by atoms with Gasteiger partial charge in [0.2, 0.25) is 11.8 Å². The summed E-state index contributed by atoms with van der Waals surface area (Å²) in [6.07, 6.45) is 0.850. The van der Waals surface area contributed by atoms with E-state index in [1.54, 1.807) is 56.9 Å². The molecule has 2 atom stereocenters. The monoisotopic (exact) mass is 525 g/mol. The van der Waals surface area contributed by atoms with Crippen LogP contribution >= 0.6 is 0 Å². The smallest absolute Gasteiger partial charge is 0.408 e. The Labute approximate surface area is 224 Å². The highest BCUT2D eigenvalue weighted by Crippen LogP contribution is 2.37. The van der Waals surface area contributed by atoms with Crippen LogP contribution in [0.5, 0.6) is 11.5 Å². The van der Waals surface area contributed by atoms with E-state index in [0.29, 0.717) is 11.1 Å². The fourth-order valence-electron chi connectivity index (χ4n) is 4.22. The number of carbonyl (C=O) groups is 3. The van der Waals surface area contributed by atoms with Crippen molar-refractivity contribution in [2.45, 2.75) is 90.6 Å². The lowest BCUT2D eigenvalue weighted by atomic mass is 9.98. The van der Waals surface area contributed by atoms with Gasteiger partial charge in [-0.3, -0.25) is 9.59 Å². The molecule has 1 fully saturated rings. The molecule has 3 rings (SSSR count). The Morgan fingerprint density at radius 3 is 2.18 bits per heavy atom. The number of ether oxygens (including phenoxy) is 1. The lowest BCUT2D eigenvalue weighted by Gasteiger charge is -2.35. The number of carbonyl (C=O) groups excluding carboxylic acids is 3. The first-order chi connectivity index (χ1) is 17.7. The van der Waals surface area contributed by atoms with Gasteiger partial charge in [-0.25, -0.2) is 4.79 Å². The number of hydrogen-bond donors (Lipinski definition) is 4. The fourth-order valence-corrected chi connectivity index (χ4v) is 4.22. The summed E-state index contributed by atoms with van der Waals surface area (Å²) in [7, 11) is 0. The average molecular weight is 526 g/mol. The summed E-state index contributed by atoms with van der Waals surface area (Å²) in [6.45, 7) is 10.6. The highest BCUT2D eigenvalue weighted by Gasteiger charge is 2.44. The Bertz CT molecular complexity index is 1150. The van der Waals surface area contributed by atoms with Crippen LogP contribution in [0.4, 0.5) is 4.79 Å². The number of rotatable bonds is 9. The van der Waals surface area contributed by atoms with E-state index in [1.807, 2.05) is 13.8 Å². The number of aryl methyl sites for hydroxylation is 1. The summed E-state index contributed by atoms with van der Waals surface area (Å²) < 4.78 is 5.44. The Hall–Kier alpha value is -3.75. The third-order valence-corrected chi connectivity index (χ3v) is 6.05. The second-order valence-electron chi connectivity index (χ2n) is 11.2. The molecule has 3 amide bonds. The number of phenolic OH excluding ortho intramolecular Hbond substituents is 2. The molecule has 2 unspecified atom stereocenters. The van der Waals surface area contributed by atoms with Crippen LogP contribution in [-0.2, 0) is 20.7 Å². The number of nitrogens with zero attached hydrogens (tertiary/aromatic N) is 1. The lowest BCUT2D eigenvalue weighted by molar-refractivity contribution is -0.143. The van der Waals surface area contributed by atoms with E-state index in [0.717, 1.165) is 18.4 Å². The SMILES string of the molecule is Cc1cc(C(C(=O)NC(C)C)N(C(=O)C(Cc2ccc(O)cc2)NC(=O)OC(C)(C)C)C2CC2)ccc1O. The third kappa shape index (κ3) is 7.87.